The van der Waals surface area contributed by atoms with Gasteiger partial charge in [0.15, 0.2) is 11.3 Å². The third-order valence-electron chi connectivity index (χ3n) is 7.33. The van der Waals surface area contributed by atoms with Gasteiger partial charge in [0.2, 0.25) is 5.82 Å². The molecule has 0 atom stereocenters. The van der Waals surface area contributed by atoms with E-state index in [1.54, 1.807) is 12.3 Å². The van der Waals surface area contributed by atoms with Crippen molar-refractivity contribution in [3.05, 3.63) is 39.9 Å². The second kappa shape index (κ2) is 8.51. The number of hydrogen-bond donors (Lipinski definition) is 1. The lowest BCUT2D eigenvalue weighted by atomic mass is 9.80. The van der Waals surface area contributed by atoms with Crippen LogP contribution in [0, 0.1) is 11.8 Å². The minimum absolute atomic E-state index is 0.0656. The third kappa shape index (κ3) is 4.03. The van der Waals surface area contributed by atoms with Crippen molar-refractivity contribution in [2.75, 3.05) is 0 Å². The van der Waals surface area contributed by atoms with Gasteiger partial charge in [-0.15, -0.1) is 5.10 Å². The Morgan fingerprint density at radius 2 is 2.00 bits per heavy atom. The van der Waals surface area contributed by atoms with E-state index in [2.05, 4.69) is 27.1 Å². The molecule has 0 radical (unpaired) electrons. The molecule has 35 heavy (non-hydrogen) atoms. The Bertz CT molecular complexity index is 1450. The zero-order valence-electron chi connectivity index (χ0n) is 19.3. The number of pyridine rings is 1. The fraction of sp³-hybridized carbons (Fsp3) is 0.500. The first-order valence-electron chi connectivity index (χ1n) is 12.0. The van der Waals surface area contributed by atoms with Crippen molar-refractivity contribution in [1.29, 1.82) is 0 Å². The van der Waals surface area contributed by atoms with Gasteiger partial charge in [-0.2, -0.15) is 0 Å². The average molecular weight is 498 g/mol. The van der Waals surface area contributed by atoms with Crippen LogP contribution in [0.1, 0.15) is 57.7 Å². The number of rotatable bonds is 5. The van der Waals surface area contributed by atoms with E-state index in [0.29, 0.717) is 64.5 Å². The summed E-state index contributed by atoms with van der Waals surface area (Å²) in [6.07, 6.45) is 9.37. The molecule has 4 aromatic heterocycles. The lowest BCUT2D eigenvalue weighted by molar-refractivity contribution is 0.0458. The number of aromatic amines is 1. The lowest BCUT2D eigenvalue weighted by Gasteiger charge is -2.34. The fourth-order valence-corrected chi connectivity index (χ4v) is 5.37. The number of hydrogen-bond acceptors (Lipinski definition) is 7. The van der Waals surface area contributed by atoms with Gasteiger partial charge in [-0.1, -0.05) is 31.4 Å². The van der Waals surface area contributed by atoms with Gasteiger partial charge in [0.1, 0.15) is 17.0 Å². The molecule has 0 bridgehead atoms. The summed E-state index contributed by atoms with van der Waals surface area (Å²) in [6, 6.07) is 1.74. The van der Waals surface area contributed by atoms with Crippen molar-refractivity contribution in [3.8, 4) is 23.0 Å². The second-order valence-electron chi connectivity index (χ2n) is 9.87. The summed E-state index contributed by atoms with van der Waals surface area (Å²) < 4.78 is 23.0. The SMILES string of the molecule is CC1CCC(Cn2c(C3(F)CCC3)nc3nc(-c4n[nH]c(=O)o4)nc(-c4cncc(Cl)c4)c32)CC1. The van der Waals surface area contributed by atoms with Crippen LogP contribution in [0.3, 0.4) is 0 Å². The summed E-state index contributed by atoms with van der Waals surface area (Å²) >= 11 is 6.26. The average Bonchev–Trinajstić information content (AvgIpc) is 3.42. The standard InChI is InChI=1S/C24H25ClFN7O2/c1-13-3-5-14(6-4-13)12-33-18-17(15-9-16(25)11-27-10-15)28-20(21-31-32-23(34)35-21)29-19(18)30-22(33)24(26)7-2-8-24/h9-11,13-14H,2-8,12H2,1H3,(H,32,34). The van der Waals surface area contributed by atoms with Crippen molar-refractivity contribution in [3.63, 3.8) is 0 Å². The van der Waals surface area contributed by atoms with E-state index in [0.717, 1.165) is 32.1 Å². The zero-order valence-corrected chi connectivity index (χ0v) is 20.1. The van der Waals surface area contributed by atoms with E-state index in [1.165, 1.54) is 6.20 Å². The molecule has 4 heterocycles. The van der Waals surface area contributed by atoms with Crippen LogP contribution in [0.2, 0.25) is 5.02 Å². The maximum atomic E-state index is 15.9. The molecule has 2 fully saturated rings. The molecule has 9 nitrogen and oxygen atoms in total. The van der Waals surface area contributed by atoms with Crippen molar-refractivity contribution in [1.82, 2.24) is 34.7 Å². The highest BCUT2D eigenvalue weighted by atomic mass is 35.5. The van der Waals surface area contributed by atoms with Gasteiger partial charge in [0.05, 0.1) is 5.02 Å². The Balaban J connectivity index is 1.58. The number of alkyl halides is 1. The Labute approximate surface area is 205 Å². The molecule has 1 N–H and O–H groups in total. The molecule has 6 rings (SSSR count). The summed E-state index contributed by atoms with van der Waals surface area (Å²) in [5, 5.41) is 6.54. The highest BCUT2D eigenvalue weighted by molar-refractivity contribution is 6.30. The van der Waals surface area contributed by atoms with Crippen molar-refractivity contribution in [2.45, 2.75) is 64.1 Å². The molecule has 11 heteroatoms. The molecule has 2 saturated carbocycles. The Hall–Kier alpha value is -3.14. The summed E-state index contributed by atoms with van der Waals surface area (Å²) in [6.45, 7) is 2.93. The van der Waals surface area contributed by atoms with Crippen LogP contribution in [0.15, 0.2) is 27.7 Å². The number of aromatic nitrogens is 7. The Kier molecular flexibility index (Phi) is 5.43. The van der Waals surface area contributed by atoms with Crippen LogP contribution in [-0.2, 0) is 12.2 Å². The molecule has 0 aromatic carbocycles. The van der Waals surface area contributed by atoms with Crippen LogP contribution in [0.25, 0.3) is 34.1 Å². The number of halogens is 2. The van der Waals surface area contributed by atoms with Gasteiger partial charge in [0, 0.05) is 24.5 Å². The molecule has 0 amide bonds. The molecule has 2 aliphatic carbocycles. The Morgan fingerprint density at radius 1 is 1.20 bits per heavy atom. The van der Waals surface area contributed by atoms with E-state index in [4.69, 9.17) is 26.0 Å². The van der Waals surface area contributed by atoms with Crippen molar-refractivity contribution < 1.29 is 8.81 Å². The van der Waals surface area contributed by atoms with E-state index in [9.17, 15) is 4.79 Å². The highest BCUT2D eigenvalue weighted by Crippen LogP contribution is 2.46. The minimum Gasteiger partial charge on any atom is -0.384 e. The number of H-pyrrole nitrogens is 1. The van der Waals surface area contributed by atoms with Crippen LogP contribution < -0.4 is 5.76 Å². The van der Waals surface area contributed by atoms with Crippen molar-refractivity contribution in [2.24, 2.45) is 11.8 Å². The molecule has 0 saturated heterocycles. The fourth-order valence-electron chi connectivity index (χ4n) is 5.20. The van der Waals surface area contributed by atoms with Gasteiger partial charge < -0.3 is 8.98 Å². The quantitative estimate of drug-likeness (QED) is 0.409. The van der Waals surface area contributed by atoms with Gasteiger partial charge >= 0.3 is 5.76 Å². The number of nitrogens with zero attached hydrogens (tertiary/aromatic N) is 6. The van der Waals surface area contributed by atoms with E-state index < -0.39 is 11.4 Å². The molecule has 2 aliphatic rings. The third-order valence-corrected chi connectivity index (χ3v) is 7.54. The first-order valence-corrected chi connectivity index (χ1v) is 12.4. The first kappa shape index (κ1) is 22.3. The molecule has 0 unspecified atom stereocenters. The largest absolute Gasteiger partial charge is 0.434 e. The number of nitrogens with one attached hydrogen (secondary N) is 1. The monoisotopic (exact) mass is 497 g/mol. The van der Waals surface area contributed by atoms with Crippen LogP contribution >= 0.6 is 11.6 Å². The summed E-state index contributed by atoms with van der Waals surface area (Å²) in [5.74, 6) is 0.819. The predicted molar refractivity (Wildman–Crippen MR) is 127 cm³/mol. The highest BCUT2D eigenvalue weighted by Gasteiger charge is 2.44. The van der Waals surface area contributed by atoms with Crippen LogP contribution in [-0.4, -0.2) is 34.7 Å². The van der Waals surface area contributed by atoms with Gasteiger partial charge in [0.25, 0.3) is 5.89 Å². The lowest BCUT2D eigenvalue weighted by Crippen LogP contribution is -2.33. The predicted octanol–water partition coefficient (Wildman–Crippen LogP) is 5.06. The number of fused-ring (bicyclic) bond motifs is 1. The van der Waals surface area contributed by atoms with E-state index >= 15 is 4.39 Å². The van der Waals surface area contributed by atoms with Crippen LogP contribution in [0.4, 0.5) is 4.39 Å². The molecule has 0 spiro atoms. The van der Waals surface area contributed by atoms with Gasteiger partial charge in [-0.3, -0.25) is 4.98 Å². The van der Waals surface area contributed by atoms with Gasteiger partial charge in [-0.05, 0) is 50.0 Å². The summed E-state index contributed by atoms with van der Waals surface area (Å²) in [7, 11) is 0. The van der Waals surface area contributed by atoms with Gasteiger partial charge in [-0.25, -0.2) is 29.2 Å². The second-order valence-corrected chi connectivity index (χ2v) is 10.3. The molecule has 4 aromatic rings. The molecule has 182 valence electrons. The molecular weight excluding hydrogens is 473 g/mol. The van der Waals surface area contributed by atoms with Crippen molar-refractivity contribution >= 4 is 22.8 Å². The smallest absolute Gasteiger partial charge is 0.384 e. The number of imidazole rings is 1. The minimum atomic E-state index is -1.49. The summed E-state index contributed by atoms with van der Waals surface area (Å²) in [4.78, 5) is 29.7. The topological polar surface area (TPSA) is 115 Å². The molecule has 0 aliphatic heterocycles. The maximum absolute atomic E-state index is 15.9. The molecular formula is C24H25ClFN7O2. The van der Waals surface area contributed by atoms with E-state index in [1.807, 2.05) is 4.57 Å². The Morgan fingerprint density at radius 3 is 2.66 bits per heavy atom. The zero-order chi connectivity index (χ0) is 24.2. The van der Waals surface area contributed by atoms with Crippen LogP contribution in [0.5, 0.6) is 0 Å². The maximum Gasteiger partial charge on any atom is 0.434 e. The first-order chi connectivity index (χ1) is 16.9. The normalized spacial score (nSPS) is 21.8. The summed E-state index contributed by atoms with van der Waals surface area (Å²) in [5.41, 5.74) is 0.602. The van der Waals surface area contributed by atoms with E-state index in [-0.39, 0.29) is 11.7 Å².